The van der Waals surface area contributed by atoms with Crippen LogP contribution in [0.2, 0.25) is 5.02 Å². The molecule has 0 spiro atoms. The fraction of sp³-hybridized carbons (Fsp3) is 0.250. The molecule has 0 unspecified atom stereocenters. The molecule has 4 rings (SSSR count). The molecule has 0 bridgehead atoms. The van der Waals surface area contributed by atoms with E-state index in [0.717, 1.165) is 39.9 Å². The summed E-state index contributed by atoms with van der Waals surface area (Å²) in [6.45, 7) is 3.58. The topological polar surface area (TPSA) is 54.7 Å². The fourth-order valence-electron chi connectivity index (χ4n) is 3.27. The molecule has 1 aromatic heterocycles. The molecule has 27 heavy (non-hydrogen) atoms. The van der Waals surface area contributed by atoms with Gasteiger partial charge in [-0.1, -0.05) is 27.5 Å². The first-order chi connectivity index (χ1) is 13.1. The van der Waals surface area contributed by atoms with Crippen LogP contribution >= 0.6 is 27.5 Å². The molecule has 2 heterocycles. The van der Waals surface area contributed by atoms with Crippen molar-refractivity contribution in [1.29, 1.82) is 0 Å². The van der Waals surface area contributed by atoms with Crippen LogP contribution in [-0.2, 0) is 11.3 Å². The molecule has 0 atom stereocenters. The van der Waals surface area contributed by atoms with Crippen LogP contribution in [0.1, 0.15) is 5.56 Å². The van der Waals surface area contributed by atoms with Gasteiger partial charge < -0.3 is 19.4 Å². The molecule has 3 aromatic rings. The largest absolute Gasteiger partial charge is 0.423 e. The molecule has 1 aliphatic heterocycles. The van der Waals surface area contributed by atoms with Crippen LogP contribution in [0.15, 0.2) is 56.1 Å². The van der Waals surface area contributed by atoms with Gasteiger partial charge in [-0.2, -0.15) is 0 Å². The summed E-state index contributed by atoms with van der Waals surface area (Å²) >= 11 is 9.63. The number of nitrogens with zero attached hydrogens (tertiary/aromatic N) is 1. The average Bonchev–Trinajstić information content (AvgIpc) is 2.66. The number of benzene rings is 2. The first-order valence-corrected chi connectivity index (χ1v) is 9.86. The smallest absolute Gasteiger partial charge is 0.336 e. The molecule has 2 aromatic carbocycles. The summed E-state index contributed by atoms with van der Waals surface area (Å²) in [5, 5.41) is 5.01. The van der Waals surface area contributed by atoms with E-state index in [9.17, 15) is 4.79 Å². The minimum Gasteiger partial charge on any atom is -0.423 e. The summed E-state index contributed by atoms with van der Waals surface area (Å²) in [6.07, 6.45) is 0. The Morgan fingerprint density at radius 2 is 1.93 bits per heavy atom. The van der Waals surface area contributed by atoms with Crippen molar-refractivity contribution in [2.75, 3.05) is 36.5 Å². The number of ether oxygens (including phenoxy) is 1. The predicted molar refractivity (Wildman–Crippen MR) is 112 cm³/mol. The SMILES string of the molecule is O=c1cc(CNc2cc(Cl)ccc2N2CCOCC2)c2ccc(Br)cc2o1. The number of nitrogens with one attached hydrogen (secondary N) is 1. The van der Waals surface area contributed by atoms with E-state index < -0.39 is 0 Å². The van der Waals surface area contributed by atoms with E-state index in [1.807, 2.05) is 30.3 Å². The first kappa shape index (κ1) is 18.3. The summed E-state index contributed by atoms with van der Waals surface area (Å²) in [5.74, 6) is 0. The van der Waals surface area contributed by atoms with E-state index in [1.54, 1.807) is 6.07 Å². The molecular weight excluding hydrogens is 432 g/mol. The lowest BCUT2D eigenvalue weighted by Crippen LogP contribution is -2.36. The Bertz CT molecular complexity index is 1030. The molecule has 0 radical (unpaired) electrons. The van der Waals surface area contributed by atoms with Crippen LogP contribution in [0.3, 0.4) is 0 Å². The van der Waals surface area contributed by atoms with Gasteiger partial charge in [0.05, 0.1) is 24.6 Å². The molecule has 1 saturated heterocycles. The highest BCUT2D eigenvalue weighted by atomic mass is 79.9. The summed E-state index contributed by atoms with van der Waals surface area (Å²) < 4.78 is 11.6. The minimum atomic E-state index is -0.364. The van der Waals surface area contributed by atoms with Crippen LogP contribution in [0.25, 0.3) is 11.0 Å². The molecule has 7 heteroatoms. The highest BCUT2D eigenvalue weighted by Crippen LogP contribution is 2.31. The van der Waals surface area contributed by atoms with Crippen molar-refractivity contribution in [3.05, 3.63) is 67.9 Å². The van der Waals surface area contributed by atoms with E-state index in [2.05, 4.69) is 26.1 Å². The summed E-state index contributed by atoms with van der Waals surface area (Å²) in [4.78, 5) is 14.2. The van der Waals surface area contributed by atoms with Gasteiger partial charge in [0.2, 0.25) is 0 Å². The van der Waals surface area contributed by atoms with Crippen molar-refractivity contribution in [2.45, 2.75) is 6.54 Å². The van der Waals surface area contributed by atoms with E-state index in [-0.39, 0.29) is 5.63 Å². The molecule has 1 aliphatic rings. The number of hydrogen-bond acceptors (Lipinski definition) is 5. The normalized spacial score (nSPS) is 14.5. The van der Waals surface area contributed by atoms with E-state index in [4.69, 9.17) is 20.8 Å². The minimum absolute atomic E-state index is 0.364. The number of fused-ring (bicyclic) bond motifs is 1. The predicted octanol–water partition coefficient (Wildman–Crippen LogP) is 4.66. The lowest BCUT2D eigenvalue weighted by molar-refractivity contribution is 0.123. The van der Waals surface area contributed by atoms with Gasteiger partial charge >= 0.3 is 5.63 Å². The first-order valence-electron chi connectivity index (χ1n) is 8.68. The van der Waals surface area contributed by atoms with E-state index in [1.165, 1.54) is 6.07 Å². The second kappa shape index (κ2) is 7.92. The Kier molecular flexibility index (Phi) is 5.38. The number of rotatable bonds is 4. The maximum atomic E-state index is 11.9. The van der Waals surface area contributed by atoms with E-state index in [0.29, 0.717) is 30.4 Å². The van der Waals surface area contributed by atoms with Gasteiger partial charge in [-0.15, -0.1) is 0 Å². The molecule has 1 fully saturated rings. The Balaban J connectivity index is 1.65. The molecule has 5 nitrogen and oxygen atoms in total. The van der Waals surface area contributed by atoms with Gasteiger partial charge in [-0.3, -0.25) is 0 Å². The number of morpholine rings is 1. The van der Waals surface area contributed by atoms with Gasteiger partial charge in [0.15, 0.2) is 0 Å². The van der Waals surface area contributed by atoms with Crippen LogP contribution in [0, 0.1) is 0 Å². The highest BCUT2D eigenvalue weighted by molar-refractivity contribution is 9.10. The zero-order chi connectivity index (χ0) is 18.8. The second-order valence-corrected chi connectivity index (χ2v) is 7.70. The van der Waals surface area contributed by atoms with Crippen LogP contribution in [0.5, 0.6) is 0 Å². The van der Waals surface area contributed by atoms with Crippen molar-refractivity contribution in [3.63, 3.8) is 0 Å². The van der Waals surface area contributed by atoms with Crippen molar-refractivity contribution < 1.29 is 9.15 Å². The van der Waals surface area contributed by atoms with Crippen molar-refractivity contribution in [1.82, 2.24) is 0 Å². The Hall–Kier alpha value is -2.02. The summed E-state index contributed by atoms with van der Waals surface area (Å²) in [7, 11) is 0. The van der Waals surface area contributed by atoms with Crippen LogP contribution < -0.4 is 15.8 Å². The molecule has 0 aliphatic carbocycles. The van der Waals surface area contributed by atoms with E-state index >= 15 is 0 Å². The summed E-state index contributed by atoms with van der Waals surface area (Å²) in [5.41, 5.74) is 3.09. The molecule has 1 N–H and O–H groups in total. The Morgan fingerprint density at radius 1 is 1.11 bits per heavy atom. The van der Waals surface area contributed by atoms with Crippen LogP contribution in [0.4, 0.5) is 11.4 Å². The van der Waals surface area contributed by atoms with Crippen molar-refractivity contribution in [2.24, 2.45) is 0 Å². The maximum Gasteiger partial charge on any atom is 0.336 e. The third-order valence-corrected chi connectivity index (χ3v) is 5.30. The number of halogens is 2. The molecule has 0 amide bonds. The zero-order valence-electron chi connectivity index (χ0n) is 14.5. The highest BCUT2D eigenvalue weighted by Gasteiger charge is 2.15. The third kappa shape index (κ3) is 4.13. The molecule has 0 saturated carbocycles. The van der Waals surface area contributed by atoms with Gasteiger partial charge in [0.25, 0.3) is 0 Å². The second-order valence-electron chi connectivity index (χ2n) is 6.35. The number of hydrogen-bond donors (Lipinski definition) is 1. The lowest BCUT2D eigenvalue weighted by atomic mass is 10.1. The standard InChI is InChI=1S/C20H18BrClN2O3/c21-14-1-3-16-13(9-20(25)27-19(16)10-14)12-23-17-11-15(22)2-4-18(17)24-5-7-26-8-6-24/h1-4,9-11,23H,5-8,12H2. The van der Waals surface area contributed by atoms with Crippen molar-refractivity contribution >= 4 is 49.9 Å². The average molecular weight is 450 g/mol. The van der Waals surface area contributed by atoms with Crippen molar-refractivity contribution in [3.8, 4) is 0 Å². The zero-order valence-corrected chi connectivity index (χ0v) is 16.8. The molecule has 140 valence electrons. The monoisotopic (exact) mass is 448 g/mol. The van der Waals surface area contributed by atoms with Gasteiger partial charge in [0.1, 0.15) is 5.58 Å². The fourth-order valence-corrected chi connectivity index (χ4v) is 3.78. The Morgan fingerprint density at radius 3 is 2.74 bits per heavy atom. The third-order valence-electron chi connectivity index (χ3n) is 4.57. The van der Waals surface area contributed by atoms with Gasteiger partial charge in [0, 0.05) is 40.6 Å². The summed E-state index contributed by atoms with van der Waals surface area (Å²) in [6, 6.07) is 13.0. The van der Waals surface area contributed by atoms with Gasteiger partial charge in [-0.25, -0.2) is 4.79 Å². The molecular formula is C20H18BrClN2O3. The Labute approximate surface area is 170 Å². The maximum absolute atomic E-state index is 11.9. The van der Waals surface area contributed by atoms with Crippen LogP contribution in [-0.4, -0.2) is 26.3 Å². The van der Waals surface area contributed by atoms with Gasteiger partial charge in [-0.05, 0) is 42.0 Å². The lowest BCUT2D eigenvalue weighted by Gasteiger charge is -2.31. The quantitative estimate of drug-likeness (QED) is 0.587. The number of anilines is 2.